The van der Waals surface area contributed by atoms with Crippen molar-refractivity contribution < 1.29 is 14.0 Å². The molecule has 120 valence electrons. The third-order valence-corrected chi connectivity index (χ3v) is 3.42. The fourth-order valence-corrected chi connectivity index (χ4v) is 2.28. The molecule has 0 saturated carbocycles. The third-order valence-electron chi connectivity index (χ3n) is 3.42. The molecule has 0 radical (unpaired) electrons. The molecule has 1 aromatic rings. The zero-order chi connectivity index (χ0) is 15.9. The number of carbonyl (C=O) groups excluding carboxylic acids is 2. The lowest BCUT2D eigenvalue weighted by Crippen LogP contribution is -2.49. The van der Waals surface area contributed by atoms with Crippen molar-refractivity contribution in [3.05, 3.63) is 30.1 Å². The molecule has 0 unspecified atom stereocenters. The Bertz CT molecular complexity index is 515. The van der Waals surface area contributed by atoms with Crippen LogP contribution in [0.15, 0.2) is 24.3 Å². The van der Waals surface area contributed by atoms with Crippen molar-refractivity contribution in [1.29, 1.82) is 0 Å². The summed E-state index contributed by atoms with van der Waals surface area (Å²) in [4.78, 5) is 27.4. The lowest BCUT2D eigenvalue weighted by Gasteiger charge is -2.29. The topological polar surface area (TPSA) is 64.7 Å². The van der Waals surface area contributed by atoms with Crippen LogP contribution in [0.3, 0.4) is 0 Å². The van der Waals surface area contributed by atoms with Crippen LogP contribution in [-0.4, -0.2) is 67.9 Å². The lowest BCUT2D eigenvalue weighted by molar-refractivity contribution is -0.133. The summed E-state index contributed by atoms with van der Waals surface area (Å²) in [6.07, 6.45) is 0. The molecular formula is C15H21FN4O2. The Morgan fingerprint density at radius 1 is 1.23 bits per heavy atom. The van der Waals surface area contributed by atoms with E-state index in [0.717, 1.165) is 13.1 Å². The first-order valence-electron chi connectivity index (χ1n) is 7.27. The number of piperazine rings is 1. The minimum absolute atomic E-state index is 0.0265. The summed E-state index contributed by atoms with van der Waals surface area (Å²) in [5.41, 5.74) is 0.535. The van der Waals surface area contributed by atoms with Crippen LogP contribution in [0.25, 0.3) is 0 Å². The highest BCUT2D eigenvalue weighted by atomic mass is 19.1. The number of halogens is 1. The van der Waals surface area contributed by atoms with E-state index in [4.69, 9.17) is 0 Å². The number of hydrogen-bond acceptors (Lipinski definition) is 4. The highest BCUT2D eigenvalue weighted by Gasteiger charge is 2.18. The van der Waals surface area contributed by atoms with Crippen molar-refractivity contribution in [2.45, 2.75) is 0 Å². The molecule has 0 aromatic heterocycles. The van der Waals surface area contributed by atoms with E-state index >= 15 is 0 Å². The Labute approximate surface area is 129 Å². The van der Waals surface area contributed by atoms with E-state index in [0.29, 0.717) is 18.8 Å². The normalized spacial score (nSPS) is 15.0. The van der Waals surface area contributed by atoms with Crippen LogP contribution in [0.5, 0.6) is 0 Å². The van der Waals surface area contributed by atoms with Gasteiger partial charge in [-0.15, -0.1) is 0 Å². The van der Waals surface area contributed by atoms with Gasteiger partial charge in [-0.2, -0.15) is 0 Å². The van der Waals surface area contributed by atoms with Gasteiger partial charge in [0.15, 0.2) is 0 Å². The molecule has 0 aliphatic carbocycles. The first kappa shape index (κ1) is 16.4. The summed E-state index contributed by atoms with van der Waals surface area (Å²) in [5, 5.41) is 5.86. The Balaban J connectivity index is 1.75. The van der Waals surface area contributed by atoms with Crippen LogP contribution in [0.1, 0.15) is 0 Å². The van der Waals surface area contributed by atoms with E-state index < -0.39 is 0 Å². The smallest absolute Gasteiger partial charge is 0.238 e. The molecule has 2 rings (SSSR count). The van der Waals surface area contributed by atoms with Gasteiger partial charge in [0, 0.05) is 31.9 Å². The second kappa shape index (κ2) is 7.86. The second-order valence-electron chi connectivity index (χ2n) is 5.36. The first-order valence-corrected chi connectivity index (χ1v) is 7.27. The largest absolute Gasteiger partial charge is 0.339 e. The number of rotatable bonds is 5. The number of benzene rings is 1. The van der Waals surface area contributed by atoms with Gasteiger partial charge in [0.25, 0.3) is 0 Å². The molecule has 1 aliphatic rings. The van der Waals surface area contributed by atoms with E-state index in [2.05, 4.69) is 10.6 Å². The monoisotopic (exact) mass is 308 g/mol. The van der Waals surface area contributed by atoms with Crippen molar-refractivity contribution in [3.8, 4) is 0 Å². The van der Waals surface area contributed by atoms with E-state index in [9.17, 15) is 14.0 Å². The highest BCUT2D eigenvalue weighted by Crippen LogP contribution is 2.08. The number of nitrogens with one attached hydrogen (secondary N) is 2. The van der Waals surface area contributed by atoms with Gasteiger partial charge in [-0.1, -0.05) is 0 Å². The highest BCUT2D eigenvalue weighted by molar-refractivity contribution is 5.92. The van der Waals surface area contributed by atoms with E-state index in [1.165, 1.54) is 24.3 Å². The Hall–Kier alpha value is -1.99. The fraction of sp³-hybridized carbons (Fsp3) is 0.467. The standard InChI is InChI=1S/C15H21FN4O2/c1-19(11-15(22)20-8-6-17-7-9-20)10-14(21)18-13-4-2-12(16)3-5-13/h2-5,17H,6-11H2,1H3,(H,18,21). The zero-order valence-electron chi connectivity index (χ0n) is 12.6. The minimum Gasteiger partial charge on any atom is -0.339 e. The number of nitrogens with zero attached hydrogens (tertiary/aromatic N) is 2. The lowest BCUT2D eigenvalue weighted by atomic mass is 10.3. The van der Waals surface area contributed by atoms with Gasteiger partial charge in [0.05, 0.1) is 13.1 Å². The number of likely N-dealkylation sites (N-methyl/N-ethyl adjacent to an activating group) is 1. The first-order chi connectivity index (χ1) is 10.5. The fourth-order valence-electron chi connectivity index (χ4n) is 2.28. The Morgan fingerprint density at radius 3 is 2.50 bits per heavy atom. The average Bonchev–Trinajstić information content (AvgIpc) is 2.50. The third kappa shape index (κ3) is 5.09. The molecule has 2 amide bonds. The van der Waals surface area contributed by atoms with Crippen molar-refractivity contribution in [1.82, 2.24) is 15.1 Å². The van der Waals surface area contributed by atoms with Crippen LogP contribution < -0.4 is 10.6 Å². The van der Waals surface area contributed by atoms with Crippen molar-refractivity contribution >= 4 is 17.5 Å². The molecule has 0 atom stereocenters. The number of hydrogen-bond donors (Lipinski definition) is 2. The molecule has 1 saturated heterocycles. The molecule has 6 nitrogen and oxygen atoms in total. The van der Waals surface area contributed by atoms with Crippen LogP contribution >= 0.6 is 0 Å². The molecule has 1 heterocycles. The minimum atomic E-state index is -0.350. The van der Waals surface area contributed by atoms with Crippen LogP contribution in [0.4, 0.5) is 10.1 Å². The molecule has 1 aromatic carbocycles. The van der Waals surface area contributed by atoms with E-state index in [1.54, 1.807) is 16.8 Å². The summed E-state index contributed by atoms with van der Waals surface area (Å²) in [6.45, 7) is 3.33. The van der Waals surface area contributed by atoms with Gasteiger partial charge >= 0.3 is 0 Å². The zero-order valence-corrected chi connectivity index (χ0v) is 12.6. The van der Waals surface area contributed by atoms with Gasteiger partial charge in [-0.3, -0.25) is 14.5 Å². The summed E-state index contributed by atoms with van der Waals surface area (Å²) < 4.78 is 12.8. The van der Waals surface area contributed by atoms with Gasteiger partial charge in [-0.25, -0.2) is 4.39 Å². The van der Waals surface area contributed by atoms with Crippen molar-refractivity contribution in [2.24, 2.45) is 0 Å². The summed E-state index contributed by atoms with van der Waals surface area (Å²) >= 11 is 0. The van der Waals surface area contributed by atoms with Gasteiger partial charge in [0.2, 0.25) is 11.8 Å². The molecular weight excluding hydrogens is 287 g/mol. The number of carbonyl (C=O) groups is 2. The Kier molecular flexibility index (Phi) is 5.85. The van der Waals surface area contributed by atoms with E-state index in [1.807, 2.05) is 0 Å². The van der Waals surface area contributed by atoms with Crippen molar-refractivity contribution in [3.63, 3.8) is 0 Å². The second-order valence-corrected chi connectivity index (χ2v) is 5.36. The van der Waals surface area contributed by atoms with Gasteiger partial charge in [0.1, 0.15) is 5.82 Å². The van der Waals surface area contributed by atoms with E-state index in [-0.39, 0.29) is 30.7 Å². The summed E-state index contributed by atoms with van der Waals surface area (Å²) in [5.74, 6) is -0.558. The summed E-state index contributed by atoms with van der Waals surface area (Å²) in [6, 6.07) is 5.57. The predicted molar refractivity (Wildman–Crippen MR) is 82.0 cm³/mol. The molecule has 1 aliphatic heterocycles. The number of anilines is 1. The molecule has 22 heavy (non-hydrogen) atoms. The van der Waals surface area contributed by atoms with Gasteiger partial charge in [-0.05, 0) is 31.3 Å². The molecule has 0 spiro atoms. The maximum absolute atomic E-state index is 12.8. The average molecular weight is 308 g/mol. The van der Waals surface area contributed by atoms with Crippen LogP contribution in [0.2, 0.25) is 0 Å². The molecule has 0 bridgehead atoms. The molecule has 2 N–H and O–H groups in total. The molecule has 7 heteroatoms. The molecule has 1 fully saturated rings. The van der Waals surface area contributed by atoms with Crippen LogP contribution in [0, 0.1) is 5.82 Å². The number of amides is 2. The summed E-state index contributed by atoms with van der Waals surface area (Å²) in [7, 11) is 1.73. The van der Waals surface area contributed by atoms with Gasteiger partial charge < -0.3 is 15.5 Å². The quantitative estimate of drug-likeness (QED) is 0.811. The SMILES string of the molecule is CN(CC(=O)Nc1ccc(F)cc1)CC(=O)N1CCNCC1. The van der Waals surface area contributed by atoms with Crippen molar-refractivity contribution in [2.75, 3.05) is 51.6 Å². The van der Waals surface area contributed by atoms with Crippen LogP contribution in [-0.2, 0) is 9.59 Å². The Morgan fingerprint density at radius 2 is 1.86 bits per heavy atom. The maximum atomic E-state index is 12.8. The maximum Gasteiger partial charge on any atom is 0.238 e. The predicted octanol–water partition coefficient (Wildman–Crippen LogP) is 0.128.